The number of hydrogen-bond acceptors (Lipinski definition) is 3. The van der Waals surface area contributed by atoms with E-state index >= 15 is 0 Å². The maximum Gasteiger partial charge on any atom is 0.121 e. The summed E-state index contributed by atoms with van der Waals surface area (Å²) < 4.78 is 5.30. The van der Waals surface area contributed by atoms with Crippen molar-refractivity contribution in [3.05, 3.63) is 47.8 Å². The summed E-state index contributed by atoms with van der Waals surface area (Å²) in [4.78, 5) is 4.34. The van der Waals surface area contributed by atoms with E-state index in [1.54, 1.807) is 7.11 Å². The van der Waals surface area contributed by atoms with Crippen LogP contribution < -0.4 is 10.1 Å². The molecule has 0 aliphatic rings. The van der Waals surface area contributed by atoms with Gasteiger partial charge in [0.05, 0.1) is 7.11 Å². The first kappa shape index (κ1) is 14.5. The molecule has 1 heterocycles. The molecule has 0 saturated carbocycles. The third-order valence-corrected chi connectivity index (χ3v) is 3.24. The number of aryl methyl sites for hydroxylation is 1. The summed E-state index contributed by atoms with van der Waals surface area (Å²) in [5.74, 6) is 0.916. The van der Waals surface area contributed by atoms with Gasteiger partial charge in [0.1, 0.15) is 5.75 Å². The topological polar surface area (TPSA) is 34.1 Å². The zero-order chi connectivity index (χ0) is 14.5. The average molecular weight is 270 g/mol. The maximum atomic E-state index is 5.30. The SMILES string of the molecule is COc1ccc(-c2cncc(CNC(C)C)c2)cc1C. The van der Waals surface area contributed by atoms with Gasteiger partial charge in [0.25, 0.3) is 0 Å². The van der Waals surface area contributed by atoms with E-state index in [1.165, 1.54) is 11.1 Å². The van der Waals surface area contributed by atoms with Crippen molar-refractivity contribution in [2.24, 2.45) is 0 Å². The van der Waals surface area contributed by atoms with Crippen LogP contribution in [0.3, 0.4) is 0 Å². The number of methoxy groups -OCH3 is 1. The summed E-state index contributed by atoms with van der Waals surface area (Å²) in [5, 5.41) is 3.41. The van der Waals surface area contributed by atoms with E-state index in [2.05, 4.69) is 49.3 Å². The zero-order valence-corrected chi connectivity index (χ0v) is 12.6. The highest BCUT2D eigenvalue weighted by molar-refractivity contribution is 5.65. The predicted octanol–water partition coefficient (Wildman–Crippen LogP) is 3.56. The van der Waals surface area contributed by atoms with Crippen molar-refractivity contribution < 1.29 is 4.74 Å². The van der Waals surface area contributed by atoms with Gasteiger partial charge in [-0.15, -0.1) is 0 Å². The molecule has 2 rings (SSSR count). The number of aromatic nitrogens is 1. The Kier molecular flexibility index (Phi) is 4.74. The van der Waals surface area contributed by atoms with E-state index in [-0.39, 0.29) is 0 Å². The number of nitrogens with one attached hydrogen (secondary N) is 1. The van der Waals surface area contributed by atoms with Crippen LogP contribution in [0.5, 0.6) is 5.75 Å². The van der Waals surface area contributed by atoms with Crippen molar-refractivity contribution in [2.75, 3.05) is 7.11 Å². The first-order valence-corrected chi connectivity index (χ1v) is 6.92. The molecule has 3 heteroatoms. The van der Waals surface area contributed by atoms with Crippen molar-refractivity contribution in [2.45, 2.75) is 33.4 Å². The van der Waals surface area contributed by atoms with Crippen LogP contribution in [0.25, 0.3) is 11.1 Å². The smallest absolute Gasteiger partial charge is 0.121 e. The standard InChI is InChI=1S/C17H22N2O/c1-12(2)19-10-14-8-16(11-18-9-14)15-5-6-17(20-4)13(3)7-15/h5-9,11-12,19H,10H2,1-4H3. The Morgan fingerprint density at radius 2 is 1.95 bits per heavy atom. The second kappa shape index (κ2) is 6.53. The molecular formula is C17H22N2O. The predicted molar refractivity (Wildman–Crippen MR) is 82.9 cm³/mol. The van der Waals surface area contributed by atoms with Crippen LogP contribution in [0.2, 0.25) is 0 Å². The van der Waals surface area contributed by atoms with E-state index in [9.17, 15) is 0 Å². The number of ether oxygens (including phenoxy) is 1. The van der Waals surface area contributed by atoms with E-state index in [0.29, 0.717) is 6.04 Å². The van der Waals surface area contributed by atoms with Crippen LogP contribution in [0, 0.1) is 6.92 Å². The molecule has 0 radical (unpaired) electrons. The van der Waals surface area contributed by atoms with Gasteiger partial charge in [-0.3, -0.25) is 4.98 Å². The van der Waals surface area contributed by atoms with E-state index in [1.807, 2.05) is 18.5 Å². The molecule has 0 fully saturated rings. The van der Waals surface area contributed by atoms with Gasteiger partial charge in [0.2, 0.25) is 0 Å². The van der Waals surface area contributed by atoms with Crippen molar-refractivity contribution >= 4 is 0 Å². The van der Waals surface area contributed by atoms with Gasteiger partial charge < -0.3 is 10.1 Å². The third kappa shape index (κ3) is 3.58. The lowest BCUT2D eigenvalue weighted by Crippen LogP contribution is -2.21. The number of benzene rings is 1. The molecule has 2 aromatic rings. The molecule has 3 nitrogen and oxygen atoms in total. The lowest BCUT2D eigenvalue weighted by atomic mass is 10.0. The van der Waals surface area contributed by atoms with Crippen LogP contribution in [0.4, 0.5) is 0 Å². The van der Waals surface area contributed by atoms with Crippen molar-refractivity contribution in [1.29, 1.82) is 0 Å². The molecule has 0 aliphatic carbocycles. The maximum absolute atomic E-state index is 5.30. The fraction of sp³-hybridized carbons (Fsp3) is 0.353. The Morgan fingerprint density at radius 3 is 2.60 bits per heavy atom. The molecule has 0 unspecified atom stereocenters. The summed E-state index contributed by atoms with van der Waals surface area (Å²) >= 11 is 0. The Morgan fingerprint density at radius 1 is 1.15 bits per heavy atom. The molecule has 1 N–H and O–H groups in total. The first-order valence-electron chi connectivity index (χ1n) is 6.92. The van der Waals surface area contributed by atoms with Crippen molar-refractivity contribution in [3.63, 3.8) is 0 Å². The van der Waals surface area contributed by atoms with Gasteiger partial charge in [-0.2, -0.15) is 0 Å². The highest BCUT2D eigenvalue weighted by Crippen LogP contribution is 2.26. The quantitative estimate of drug-likeness (QED) is 0.902. The Labute approximate surface area is 121 Å². The summed E-state index contributed by atoms with van der Waals surface area (Å²) in [6, 6.07) is 8.87. The molecule has 20 heavy (non-hydrogen) atoms. The normalized spacial score (nSPS) is 10.8. The minimum atomic E-state index is 0.474. The Balaban J connectivity index is 2.24. The molecule has 1 aromatic carbocycles. The fourth-order valence-corrected chi connectivity index (χ4v) is 2.12. The highest BCUT2D eigenvalue weighted by Gasteiger charge is 2.04. The average Bonchev–Trinajstić information content (AvgIpc) is 2.45. The molecule has 0 aliphatic heterocycles. The molecule has 1 aromatic heterocycles. The van der Waals surface area contributed by atoms with Gasteiger partial charge in [-0.05, 0) is 41.8 Å². The van der Waals surface area contributed by atoms with Gasteiger partial charge in [-0.1, -0.05) is 19.9 Å². The van der Waals surface area contributed by atoms with E-state index < -0.39 is 0 Å². The number of pyridine rings is 1. The minimum Gasteiger partial charge on any atom is -0.496 e. The monoisotopic (exact) mass is 270 g/mol. The summed E-state index contributed by atoms with van der Waals surface area (Å²) in [6.07, 6.45) is 3.81. The van der Waals surface area contributed by atoms with Crippen LogP contribution in [-0.2, 0) is 6.54 Å². The largest absolute Gasteiger partial charge is 0.496 e. The van der Waals surface area contributed by atoms with E-state index in [4.69, 9.17) is 4.74 Å². The summed E-state index contributed by atoms with van der Waals surface area (Å²) in [5.41, 5.74) is 4.64. The van der Waals surface area contributed by atoms with Gasteiger partial charge in [-0.25, -0.2) is 0 Å². The zero-order valence-electron chi connectivity index (χ0n) is 12.6. The Bertz CT molecular complexity index is 579. The van der Waals surface area contributed by atoms with Crippen LogP contribution in [-0.4, -0.2) is 18.1 Å². The third-order valence-electron chi connectivity index (χ3n) is 3.24. The molecule has 0 spiro atoms. The lowest BCUT2D eigenvalue weighted by molar-refractivity contribution is 0.412. The van der Waals surface area contributed by atoms with Gasteiger partial charge in [0.15, 0.2) is 0 Å². The van der Waals surface area contributed by atoms with Crippen LogP contribution in [0.15, 0.2) is 36.7 Å². The number of nitrogens with zero attached hydrogens (tertiary/aromatic N) is 1. The minimum absolute atomic E-state index is 0.474. The summed E-state index contributed by atoms with van der Waals surface area (Å²) in [7, 11) is 1.70. The number of rotatable bonds is 5. The lowest BCUT2D eigenvalue weighted by Gasteiger charge is -2.10. The van der Waals surface area contributed by atoms with E-state index in [0.717, 1.165) is 23.4 Å². The van der Waals surface area contributed by atoms with Crippen LogP contribution in [0.1, 0.15) is 25.0 Å². The van der Waals surface area contributed by atoms with Crippen LogP contribution >= 0.6 is 0 Å². The number of hydrogen-bond donors (Lipinski definition) is 1. The van der Waals surface area contributed by atoms with Gasteiger partial charge in [0, 0.05) is 30.5 Å². The molecular weight excluding hydrogens is 248 g/mol. The van der Waals surface area contributed by atoms with Crippen molar-refractivity contribution in [1.82, 2.24) is 10.3 Å². The molecule has 0 bridgehead atoms. The molecule has 0 atom stereocenters. The second-order valence-electron chi connectivity index (χ2n) is 5.30. The summed E-state index contributed by atoms with van der Waals surface area (Å²) in [6.45, 7) is 7.18. The van der Waals surface area contributed by atoms with Gasteiger partial charge >= 0.3 is 0 Å². The Hall–Kier alpha value is -1.87. The molecule has 0 amide bonds. The first-order chi connectivity index (χ1) is 9.60. The molecule has 0 saturated heterocycles. The molecule has 106 valence electrons. The highest BCUT2D eigenvalue weighted by atomic mass is 16.5. The fourth-order valence-electron chi connectivity index (χ4n) is 2.12. The second-order valence-corrected chi connectivity index (χ2v) is 5.30. The van der Waals surface area contributed by atoms with Crippen molar-refractivity contribution in [3.8, 4) is 16.9 Å².